The molecule has 8 nitrogen and oxygen atoms in total. The number of phosphoric acid groups is 1. The van der Waals surface area contributed by atoms with Crippen molar-refractivity contribution in [3.8, 4) is 0 Å². The van der Waals surface area contributed by atoms with Gasteiger partial charge in [0.25, 0.3) is 0 Å². The van der Waals surface area contributed by atoms with Crippen LogP contribution in [0.5, 0.6) is 0 Å². The summed E-state index contributed by atoms with van der Waals surface area (Å²) in [5.74, 6) is -0.866. The second kappa shape index (κ2) is 38.8. The molecule has 0 aromatic rings. The van der Waals surface area contributed by atoms with Gasteiger partial charge in [-0.1, -0.05) is 213 Å². The molecule has 304 valence electrons. The number of ether oxygens (including phenoxy) is 2. The molecule has 0 aromatic carbocycles. The Labute approximate surface area is 315 Å². The lowest BCUT2D eigenvalue weighted by molar-refractivity contribution is -0.161. The third-order valence-electron chi connectivity index (χ3n) is 9.88. The standard InChI is InChI=1S/C42H83O8P/c1-3-5-7-9-11-13-15-17-19-21-23-24-26-28-30-32-34-36-41(43)48-38-40(39-49-51(45,46)47)50-42(44)37-35-33-31-29-27-25-22-20-18-16-14-12-10-8-6-4-2/h40H,3-39H2,1-2H3,(H2,45,46,47)/t40-/m1/s1. The zero-order valence-electron chi connectivity index (χ0n) is 33.5. The van der Waals surface area contributed by atoms with Crippen LogP contribution in [0.4, 0.5) is 0 Å². The lowest BCUT2D eigenvalue weighted by atomic mass is 10.0. The molecule has 0 unspecified atom stereocenters. The minimum Gasteiger partial charge on any atom is -0.462 e. The lowest BCUT2D eigenvalue weighted by Crippen LogP contribution is -2.29. The van der Waals surface area contributed by atoms with Crippen LogP contribution in [0.2, 0.25) is 0 Å². The van der Waals surface area contributed by atoms with Crippen LogP contribution in [-0.4, -0.2) is 41.0 Å². The van der Waals surface area contributed by atoms with Gasteiger partial charge in [0.1, 0.15) is 6.61 Å². The average molecular weight is 747 g/mol. The highest BCUT2D eigenvalue weighted by atomic mass is 31.2. The molecule has 0 saturated heterocycles. The molecule has 0 aromatic heterocycles. The van der Waals surface area contributed by atoms with Crippen LogP contribution in [0, 0.1) is 0 Å². The van der Waals surface area contributed by atoms with Gasteiger partial charge < -0.3 is 19.3 Å². The van der Waals surface area contributed by atoms with Gasteiger partial charge in [0.15, 0.2) is 6.10 Å². The fourth-order valence-corrected chi connectivity index (χ4v) is 6.97. The van der Waals surface area contributed by atoms with E-state index in [0.29, 0.717) is 6.42 Å². The van der Waals surface area contributed by atoms with Gasteiger partial charge >= 0.3 is 19.8 Å². The van der Waals surface area contributed by atoms with Crippen LogP contribution in [0.25, 0.3) is 0 Å². The Bertz CT molecular complexity index is 802. The summed E-state index contributed by atoms with van der Waals surface area (Å²) < 4.78 is 26.4. The van der Waals surface area contributed by atoms with E-state index in [-0.39, 0.29) is 19.4 Å². The first-order chi connectivity index (χ1) is 24.8. The Morgan fingerprint density at radius 2 is 0.706 bits per heavy atom. The summed E-state index contributed by atoms with van der Waals surface area (Å²) in [6, 6.07) is 0. The third kappa shape index (κ3) is 41.7. The number of carbonyl (C=O) groups excluding carboxylic acids is 2. The molecule has 2 N–H and O–H groups in total. The predicted octanol–water partition coefficient (Wildman–Crippen LogP) is 13.2. The van der Waals surface area contributed by atoms with Crippen LogP contribution >= 0.6 is 7.82 Å². The van der Waals surface area contributed by atoms with Gasteiger partial charge in [-0.3, -0.25) is 14.1 Å². The second-order valence-corrected chi connectivity index (χ2v) is 16.3. The van der Waals surface area contributed by atoms with Crippen molar-refractivity contribution < 1.29 is 37.9 Å². The number of carbonyl (C=O) groups is 2. The Morgan fingerprint density at radius 3 is 1.00 bits per heavy atom. The van der Waals surface area contributed by atoms with Crippen LogP contribution in [-0.2, 0) is 28.2 Å². The molecule has 0 aliphatic carbocycles. The van der Waals surface area contributed by atoms with E-state index >= 15 is 0 Å². The van der Waals surface area contributed by atoms with E-state index in [1.165, 1.54) is 173 Å². The molecule has 0 radical (unpaired) electrons. The highest BCUT2D eigenvalue weighted by Crippen LogP contribution is 2.36. The number of unbranched alkanes of at least 4 members (excludes halogenated alkanes) is 31. The molecule has 0 saturated carbocycles. The highest BCUT2D eigenvalue weighted by molar-refractivity contribution is 7.46. The Morgan fingerprint density at radius 1 is 0.431 bits per heavy atom. The summed E-state index contributed by atoms with van der Waals surface area (Å²) in [7, 11) is -4.75. The number of hydrogen-bond acceptors (Lipinski definition) is 6. The van der Waals surface area contributed by atoms with Gasteiger partial charge in [0.05, 0.1) is 6.61 Å². The quantitative estimate of drug-likeness (QED) is 0.0360. The normalized spacial score (nSPS) is 12.3. The van der Waals surface area contributed by atoms with E-state index in [1.54, 1.807) is 0 Å². The van der Waals surface area contributed by atoms with Crippen molar-refractivity contribution in [2.45, 2.75) is 245 Å². The Hall–Kier alpha value is -0.950. The molecule has 51 heavy (non-hydrogen) atoms. The first kappa shape index (κ1) is 50.1. The van der Waals surface area contributed by atoms with Crippen molar-refractivity contribution in [3.05, 3.63) is 0 Å². The Balaban J connectivity index is 3.84. The topological polar surface area (TPSA) is 119 Å². The van der Waals surface area contributed by atoms with E-state index in [4.69, 9.17) is 19.3 Å². The molecular weight excluding hydrogens is 663 g/mol. The van der Waals surface area contributed by atoms with E-state index < -0.39 is 32.5 Å². The van der Waals surface area contributed by atoms with Gasteiger partial charge in [0.2, 0.25) is 0 Å². The zero-order valence-corrected chi connectivity index (χ0v) is 34.4. The van der Waals surface area contributed by atoms with E-state index in [0.717, 1.165) is 32.1 Å². The maximum atomic E-state index is 12.4. The van der Waals surface area contributed by atoms with E-state index in [2.05, 4.69) is 18.4 Å². The van der Waals surface area contributed by atoms with Crippen molar-refractivity contribution in [1.82, 2.24) is 0 Å². The summed E-state index contributed by atoms with van der Waals surface area (Å²) >= 11 is 0. The van der Waals surface area contributed by atoms with E-state index in [1.807, 2.05) is 0 Å². The van der Waals surface area contributed by atoms with Crippen molar-refractivity contribution in [1.29, 1.82) is 0 Å². The van der Waals surface area contributed by atoms with Crippen LogP contribution in [0.1, 0.15) is 239 Å². The Kier molecular flexibility index (Phi) is 38.0. The number of hydrogen-bond donors (Lipinski definition) is 2. The van der Waals surface area contributed by atoms with Crippen molar-refractivity contribution >= 4 is 19.8 Å². The van der Waals surface area contributed by atoms with Crippen molar-refractivity contribution in [3.63, 3.8) is 0 Å². The summed E-state index contributed by atoms with van der Waals surface area (Å²) in [6.07, 6.45) is 41.1. The molecule has 0 aliphatic heterocycles. The third-order valence-corrected chi connectivity index (χ3v) is 10.4. The first-order valence-electron chi connectivity index (χ1n) is 21.8. The SMILES string of the molecule is CCCCCCCCCCCCCCCCCCCC(=O)OC[C@H](COP(=O)(O)O)OC(=O)CCCCCCCCCCCCCCCCCC. The highest BCUT2D eigenvalue weighted by Gasteiger charge is 2.23. The molecule has 0 fully saturated rings. The van der Waals surface area contributed by atoms with Crippen molar-refractivity contribution in [2.24, 2.45) is 0 Å². The van der Waals surface area contributed by atoms with Gasteiger partial charge in [-0.05, 0) is 12.8 Å². The van der Waals surface area contributed by atoms with Crippen LogP contribution in [0.15, 0.2) is 0 Å². The number of phosphoric ester groups is 1. The van der Waals surface area contributed by atoms with Crippen LogP contribution < -0.4 is 0 Å². The van der Waals surface area contributed by atoms with Gasteiger partial charge in [-0.25, -0.2) is 4.57 Å². The van der Waals surface area contributed by atoms with E-state index in [9.17, 15) is 14.2 Å². The minimum absolute atomic E-state index is 0.220. The molecule has 1 atom stereocenters. The largest absolute Gasteiger partial charge is 0.469 e. The number of esters is 2. The summed E-state index contributed by atoms with van der Waals surface area (Å²) in [4.78, 5) is 42.9. The fourth-order valence-electron chi connectivity index (χ4n) is 6.61. The fraction of sp³-hybridized carbons (Fsp3) is 0.952. The average Bonchev–Trinajstić information content (AvgIpc) is 3.10. The second-order valence-electron chi connectivity index (χ2n) is 15.0. The zero-order chi connectivity index (χ0) is 37.5. The maximum absolute atomic E-state index is 12.4. The summed E-state index contributed by atoms with van der Waals surface area (Å²) in [5.41, 5.74) is 0. The summed E-state index contributed by atoms with van der Waals surface area (Å²) in [5, 5.41) is 0. The smallest absolute Gasteiger partial charge is 0.462 e. The summed E-state index contributed by atoms with van der Waals surface area (Å²) in [6.45, 7) is 3.72. The molecule has 9 heteroatoms. The molecule has 0 spiro atoms. The van der Waals surface area contributed by atoms with Gasteiger partial charge in [0, 0.05) is 12.8 Å². The molecular formula is C42H83O8P. The molecule has 0 heterocycles. The molecule has 0 rings (SSSR count). The number of rotatable bonds is 41. The van der Waals surface area contributed by atoms with Gasteiger partial charge in [-0.2, -0.15) is 0 Å². The lowest BCUT2D eigenvalue weighted by Gasteiger charge is -2.18. The first-order valence-corrected chi connectivity index (χ1v) is 23.4. The minimum atomic E-state index is -4.75. The van der Waals surface area contributed by atoms with Crippen molar-refractivity contribution in [2.75, 3.05) is 13.2 Å². The molecule has 0 bridgehead atoms. The van der Waals surface area contributed by atoms with Crippen LogP contribution in [0.3, 0.4) is 0 Å². The van der Waals surface area contributed by atoms with Gasteiger partial charge in [-0.15, -0.1) is 0 Å². The monoisotopic (exact) mass is 747 g/mol. The predicted molar refractivity (Wildman–Crippen MR) is 212 cm³/mol. The molecule has 0 aliphatic rings. The maximum Gasteiger partial charge on any atom is 0.469 e. The molecule has 0 amide bonds.